The van der Waals surface area contributed by atoms with Crippen LogP contribution in [0, 0.1) is 23.2 Å². The molecule has 1 atom stereocenters. The van der Waals surface area contributed by atoms with E-state index >= 15 is 0 Å². The number of hydrogen-bond donors (Lipinski definition) is 2. The van der Waals surface area contributed by atoms with E-state index in [0.717, 1.165) is 52.7 Å². The number of hydrogen-bond acceptors (Lipinski definition) is 6. The molecule has 8 heteroatoms. The third kappa shape index (κ3) is 5.06. The van der Waals surface area contributed by atoms with Crippen LogP contribution in [-0.2, 0) is 9.59 Å². The van der Waals surface area contributed by atoms with Gasteiger partial charge in [0.05, 0.1) is 11.1 Å². The summed E-state index contributed by atoms with van der Waals surface area (Å²) in [5, 5.41) is 6.06. The van der Waals surface area contributed by atoms with Crippen molar-refractivity contribution in [1.29, 1.82) is 0 Å². The SMILES string of the molecule is O=C1CCC(N2C(=O)c3cccc(SCCCCCCNCC45CC6CC(CC(C6)C4)C5)c3C2=O)C(=O)N1. The van der Waals surface area contributed by atoms with Crippen LogP contribution in [0.1, 0.15) is 97.8 Å². The molecule has 204 valence electrons. The van der Waals surface area contributed by atoms with Crippen molar-refractivity contribution in [3.05, 3.63) is 29.3 Å². The highest BCUT2D eigenvalue weighted by Gasteiger charge is 2.50. The molecule has 4 bridgehead atoms. The summed E-state index contributed by atoms with van der Waals surface area (Å²) >= 11 is 1.61. The summed E-state index contributed by atoms with van der Waals surface area (Å²) in [5.41, 5.74) is 1.37. The second kappa shape index (κ2) is 10.8. The topological polar surface area (TPSA) is 95.6 Å². The summed E-state index contributed by atoms with van der Waals surface area (Å²) in [6.07, 6.45) is 13.8. The molecule has 7 rings (SSSR count). The fourth-order valence-electron chi connectivity index (χ4n) is 8.35. The normalized spacial score (nSPS) is 31.7. The molecule has 0 aromatic heterocycles. The van der Waals surface area contributed by atoms with Gasteiger partial charge in [0.15, 0.2) is 0 Å². The molecule has 2 N–H and O–H groups in total. The third-order valence-electron chi connectivity index (χ3n) is 9.60. The predicted molar refractivity (Wildman–Crippen MR) is 146 cm³/mol. The van der Waals surface area contributed by atoms with Crippen molar-refractivity contribution in [3.63, 3.8) is 0 Å². The Labute approximate surface area is 229 Å². The highest BCUT2D eigenvalue weighted by Crippen LogP contribution is 2.59. The third-order valence-corrected chi connectivity index (χ3v) is 10.7. The second-order valence-electron chi connectivity index (χ2n) is 12.5. The first-order valence-corrected chi connectivity index (χ1v) is 15.6. The van der Waals surface area contributed by atoms with Gasteiger partial charge in [0.25, 0.3) is 11.8 Å². The Balaban J connectivity index is 0.923. The Morgan fingerprint density at radius 3 is 2.34 bits per heavy atom. The van der Waals surface area contributed by atoms with E-state index in [4.69, 9.17) is 0 Å². The number of nitrogens with one attached hydrogen (secondary N) is 2. The fourth-order valence-corrected chi connectivity index (χ4v) is 9.44. The molecule has 1 saturated heterocycles. The van der Waals surface area contributed by atoms with Crippen molar-refractivity contribution in [2.24, 2.45) is 23.2 Å². The van der Waals surface area contributed by atoms with Gasteiger partial charge in [-0.25, -0.2) is 0 Å². The minimum absolute atomic E-state index is 0.128. The van der Waals surface area contributed by atoms with E-state index < -0.39 is 23.8 Å². The predicted octanol–water partition coefficient (Wildman–Crippen LogP) is 4.55. The van der Waals surface area contributed by atoms with Gasteiger partial charge in [0.2, 0.25) is 11.8 Å². The molecule has 1 aromatic carbocycles. The van der Waals surface area contributed by atoms with Crippen LogP contribution in [-0.4, -0.2) is 53.4 Å². The summed E-state index contributed by atoms with van der Waals surface area (Å²) in [5.74, 6) is 2.13. The molecule has 6 aliphatic rings. The lowest BCUT2D eigenvalue weighted by Gasteiger charge is -2.57. The number of carbonyl (C=O) groups is 4. The minimum atomic E-state index is -0.922. The van der Waals surface area contributed by atoms with Crippen molar-refractivity contribution in [1.82, 2.24) is 15.5 Å². The fraction of sp³-hybridized carbons (Fsp3) is 0.667. The van der Waals surface area contributed by atoms with Crippen LogP contribution in [0.2, 0.25) is 0 Å². The van der Waals surface area contributed by atoms with Crippen molar-refractivity contribution in [3.8, 4) is 0 Å². The van der Waals surface area contributed by atoms with Crippen LogP contribution in [0.5, 0.6) is 0 Å². The van der Waals surface area contributed by atoms with Gasteiger partial charge in [-0.05, 0) is 105 Å². The Morgan fingerprint density at radius 1 is 0.921 bits per heavy atom. The molecule has 0 radical (unpaired) electrons. The standard InChI is InChI=1S/C30H39N3O4S/c34-25-9-8-23(27(35)32-25)33-28(36)22-6-5-7-24(26(22)29(33)37)38-11-4-2-1-3-10-31-18-30-15-19-12-20(16-30)14-21(13-19)17-30/h5-7,19-21,23,31H,1-4,8-18H2,(H,32,34,35). The van der Waals surface area contributed by atoms with Crippen molar-refractivity contribution < 1.29 is 19.2 Å². The van der Waals surface area contributed by atoms with E-state index in [9.17, 15) is 19.2 Å². The van der Waals surface area contributed by atoms with Crippen LogP contribution in [0.15, 0.2) is 23.1 Å². The quantitative estimate of drug-likeness (QED) is 0.244. The van der Waals surface area contributed by atoms with Crippen LogP contribution in [0.25, 0.3) is 0 Å². The summed E-state index contributed by atoms with van der Waals surface area (Å²) < 4.78 is 0. The molecule has 2 heterocycles. The average Bonchev–Trinajstić information content (AvgIpc) is 3.12. The van der Waals surface area contributed by atoms with E-state index in [1.165, 1.54) is 57.9 Å². The molecule has 4 saturated carbocycles. The number of imide groups is 2. The number of piperidine rings is 1. The first-order valence-electron chi connectivity index (χ1n) is 14.6. The van der Waals surface area contributed by atoms with Gasteiger partial charge >= 0.3 is 0 Å². The first kappa shape index (κ1) is 26.1. The highest BCUT2D eigenvalue weighted by molar-refractivity contribution is 7.99. The summed E-state index contributed by atoms with van der Waals surface area (Å²) in [6.45, 7) is 2.32. The van der Waals surface area contributed by atoms with E-state index in [0.29, 0.717) is 16.5 Å². The molecule has 5 fully saturated rings. The largest absolute Gasteiger partial charge is 0.316 e. The Kier molecular flexibility index (Phi) is 7.38. The smallest absolute Gasteiger partial charge is 0.263 e. The minimum Gasteiger partial charge on any atom is -0.316 e. The van der Waals surface area contributed by atoms with Gasteiger partial charge in [-0.2, -0.15) is 0 Å². The zero-order valence-corrected chi connectivity index (χ0v) is 23.0. The molecule has 1 unspecified atom stereocenters. The molecule has 4 amide bonds. The van der Waals surface area contributed by atoms with Crippen molar-refractivity contribution >= 4 is 35.4 Å². The molecule has 4 aliphatic carbocycles. The zero-order chi connectivity index (χ0) is 26.3. The molecule has 7 nitrogen and oxygen atoms in total. The van der Waals surface area contributed by atoms with Gasteiger partial charge in [0, 0.05) is 17.9 Å². The number of rotatable bonds is 11. The molecule has 2 aliphatic heterocycles. The molecule has 0 spiro atoms. The maximum Gasteiger partial charge on any atom is 0.263 e. The number of amides is 4. The van der Waals surface area contributed by atoms with E-state index in [2.05, 4.69) is 10.6 Å². The van der Waals surface area contributed by atoms with E-state index in [-0.39, 0.29) is 18.7 Å². The summed E-state index contributed by atoms with van der Waals surface area (Å²) in [4.78, 5) is 51.9. The lowest BCUT2D eigenvalue weighted by Crippen LogP contribution is -2.54. The number of benzene rings is 1. The summed E-state index contributed by atoms with van der Waals surface area (Å²) in [6, 6.07) is 4.42. The molecule has 38 heavy (non-hydrogen) atoms. The number of fused-ring (bicyclic) bond motifs is 1. The lowest BCUT2D eigenvalue weighted by molar-refractivity contribution is -0.136. The number of carbonyl (C=O) groups excluding carboxylic acids is 4. The Bertz CT molecular complexity index is 1100. The second-order valence-corrected chi connectivity index (χ2v) is 13.6. The highest BCUT2D eigenvalue weighted by atomic mass is 32.2. The van der Waals surface area contributed by atoms with Crippen LogP contribution in [0.4, 0.5) is 0 Å². The monoisotopic (exact) mass is 537 g/mol. The van der Waals surface area contributed by atoms with Crippen LogP contribution < -0.4 is 10.6 Å². The lowest BCUT2D eigenvalue weighted by atomic mass is 9.49. The van der Waals surface area contributed by atoms with Crippen LogP contribution >= 0.6 is 11.8 Å². The van der Waals surface area contributed by atoms with Gasteiger partial charge in [-0.15, -0.1) is 11.8 Å². The molecular formula is C30H39N3O4S. The number of unbranched alkanes of at least 4 members (excludes halogenated alkanes) is 3. The van der Waals surface area contributed by atoms with Crippen LogP contribution in [0.3, 0.4) is 0 Å². The van der Waals surface area contributed by atoms with Gasteiger partial charge < -0.3 is 5.32 Å². The average molecular weight is 538 g/mol. The van der Waals surface area contributed by atoms with E-state index in [1.54, 1.807) is 23.9 Å². The number of nitrogens with zero attached hydrogens (tertiary/aromatic N) is 1. The van der Waals surface area contributed by atoms with Gasteiger partial charge in [-0.3, -0.25) is 29.4 Å². The van der Waals surface area contributed by atoms with Gasteiger partial charge in [-0.1, -0.05) is 18.9 Å². The van der Waals surface area contributed by atoms with Crippen molar-refractivity contribution in [2.75, 3.05) is 18.8 Å². The summed E-state index contributed by atoms with van der Waals surface area (Å²) in [7, 11) is 0. The maximum atomic E-state index is 13.2. The van der Waals surface area contributed by atoms with Gasteiger partial charge in [0.1, 0.15) is 6.04 Å². The maximum absolute atomic E-state index is 13.2. The van der Waals surface area contributed by atoms with E-state index in [1.807, 2.05) is 6.07 Å². The molecular weight excluding hydrogens is 498 g/mol. The van der Waals surface area contributed by atoms with Crippen molar-refractivity contribution in [2.45, 2.75) is 88.0 Å². The number of thioether (sulfide) groups is 1. The molecule has 1 aromatic rings. The Hall–Kier alpha value is -2.19. The zero-order valence-electron chi connectivity index (χ0n) is 22.1. The Morgan fingerprint density at radius 2 is 1.63 bits per heavy atom. The first-order chi connectivity index (χ1) is 18.4.